The number of aromatic nitrogens is 1. The van der Waals surface area contributed by atoms with E-state index in [1.807, 2.05) is 12.1 Å². The molecule has 120 valence electrons. The van der Waals surface area contributed by atoms with Crippen molar-refractivity contribution in [3.05, 3.63) is 44.9 Å². The molecular formula is C14H16Cl3N3OS. The molecule has 1 aromatic carbocycles. The zero-order valence-electron chi connectivity index (χ0n) is 11.6. The van der Waals surface area contributed by atoms with Gasteiger partial charge in [-0.05, 0) is 24.6 Å². The molecule has 0 saturated carbocycles. The maximum Gasteiger partial charge on any atom is 0.226 e. The average molecular weight is 381 g/mol. The van der Waals surface area contributed by atoms with Crippen molar-refractivity contribution in [2.75, 3.05) is 11.9 Å². The quantitative estimate of drug-likeness (QED) is 0.791. The summed E-state index contributed by atoms with van der Waals surface area (Å²) in [7, 11) is 0. The van der Waals surface area contributed by atoms with Gasteiger partial charge in [0.15, 0.2) is 5.13 Å². The SMILES string of the molecule is Cl.NCCCC(=O)Nc1ncc(Cc2cccc(Cl)c2Cl)s1. The highest BCUT2D eigenvalue weighted by Crippen LogP contribution is 2.29. The van der Waals surface area contributed by atoms with E-state index in [0.29, 0.717) is 41.0 Å². The van der Waals surface area contributed by atoms with Gasteiger partial charge in [-0.1, -0.05) is 35.3 Å². The number of rotatable bonds is 6. The molecule has 2 rings (SSSR count). The molecule has 0 atom stereocenters. The summed E-state index contributed by atoms with van der Waals surface area (Å²) in [5, 5.41) is 4.44. The first-order valence-corrected chi connectivity index (χ1v) is 8.05. The molecular weight excluding hydrogens is 365 g/mol. The van der Waals surface area contributed by atoms with E-state index in [1.165, 1.54) is 11.3 Å². The van der Waals surface area contributed by atoms with Crippen LogP contribution in [0, 0.1) is 0 Å². The van der Waals surface area contributed by atoms with Crippen LogP contribution in [0.25, 0.3) is 0 Å². The number of amides is 1. The maximum atomic E-state index is 11.6. The summed E-state index contributed by atoms with van der Waals surface area (Å²) in [5.41, 5.74) is 6.31. The Bertz CT molecular complexity index is 634. The molecule has 0 radical (unpaired) electrons. The summed E-state index contributed by atoms with van der Waals surface area (Å²) in [4.78, 5) is 16.8. The van der Waals surface area contributed by atoms with Gasteiger partial charge >= 0.3 is 0 Å². The van der Waals surface area contributed by atoms with Crippen molar-refractivity contribution < 1.29 is 4.79 Å². The molecule has 0 bridgehead atoms. The molecule has 0 aliphatic rings. The van der Waals surface area contributed by atoms with Crippen LogP contribution in [0.5, 0.6) is 0 Å². The lowest BCUT2D eigenvalue weighted by Crippen LogP contribution is -2.13. The van der Waals surface area contributed by atoms with Gasteiger partial charge in [0.25, 0.3) is 0 Å². The summed E-state index contributed by atoms with van der Waals surface area (Å²) >= 11 is 13.6. The number of anilines is 1. The van der Waals surface area contributed by atoms with Gasteiger partial charge < -0.3 is 11.1 Å². The van der Waals surface area contributed by atoms with E-state index >= 15 is 0 Å². The van der Waals surface area contributed by atoms with Crippen LogP contribution in [-0.2, 0) is 11.2 Å². The lowest BCUT2D eigenvalue weighted by Gasteiger charge is -2.03. The molecule has 0 spiro atoms. The summed E-state index contributed by atoms with van der Waals surface area (Å²) in [6.45, 7) is 0.504. The monoisotopic (exact) mass is 379 g/mol. The number of nitrogens with zero attached hydrogens (tertiary/aromatic N) is 1. The Kier molecular flexibility index (Phi) is 8.14. The largest absolute Gasteiger partial charge is 0.330 e. The number of nitrogens with one attached hydrogen (secondary N) is 1. The fraction of sp³-hybridized carbons (Fsp3) is 0.286. The number of halogens is 3. The number of hydrogen-bond acceptors (Lipinski definition) is 4. The van der Waals surface area contributed by atoms with Crippen molar-refractivity contribution in [2.24, 2.45) is 5.73 Å². The van der Waals surface area contributed by atoms with Crippen LogP contribution in [0.2, 0.25) is 10.0 Å². The van der Waals surface area contributed by atoms with Gasteiger partial charge in [0.05, 0.1) is 10.0 Å². The minimum absolute atomic E-state index is 0. The van der Waals surface area contributed by atoms with Crippen molar-refractivity contribution in [1.29, 1.82) is 0 Å². The van der Waals surface area contributed by atoms with Crippen molar-refractivity contribution in [3.8, 4) is 0 Å². The third kappa shape index (κ3) is 5.41. The van der Waals surface area contributed by atoms with Crippen LogP contribution < -0.4 is 11.1 Å². The van der Waals surface area contributed by atoms with Crippen molar-refractivity contribution in [1.82, 2.24) is 4.98 Å². The summed E-state index contributed by atoms with van der Waals surface area (Å²) in [6, 6.07) is 5.54. The Morgan fingerprint density at radius 2 is 2.14 bits per heavy atom. The van der Waals surface area contributed by atoms with E-state index in [0.717, 1.165) is 10.4 Å². The molecule has 0 aliphatic carbocycles. The maximum absolute atomic E-state index is 11.6. The normalized spacial score (nSPS) is 10.1. The van der Waals surface area contributed by atoms with E-state index in [2.05, 4.69) is 10.3 Å². The van der Waals surface area contributed by atoms with Gasteiger partial charge in [0.1, 0.15) is 0 Å². The van der Waals surface area contributed by atoms with Gasteiger partial charge in [0, 0.05) is 23.9 Å². The minimum Gasteiger partial charge on any atom is -0.330 e. The summed E-state index contributed by atoms with van der Waals surface area (Å²) in [5.74, 6) is -0.0675. The molecule has 1 heterocycles. The second-order valence-electron chi connectivity index (χ2n) is 4.46. The molecule has 1 aromatic heterocycles. The van der Waals surface area contributed by atoms with E-state index in [-0.39, 0.29) is 18.3 Å². The standard InChI is InChI=1S/C14H15Cl2N3OS.ClH/c15-11-4-1-3-9(13(11)16)7-10-8-18-14(21-10)19-12(20)5-2-6-17;/h1,3-4,8H,2,5-7,17H2,(H,18,19,20);1H. The fourth-order valence-electron chi connectivity index (χ4n) is 1.76. The molecule has 0 aliphatic heterocycles. The second kappa shape index (κ2) is 9.33. The minimum atomic E-state index is -0.0675. The molecule has 0 fully saturated rings. The molecule has 4 nitrogen and oxygen atoms in total. The zero-order chi connectivity index (χ0) is 15.2. The van der Waals surface area contributed by atoms with Crippen LogP contribution in [0.4, 0.5) is 5.13 Å². The molecule has 0 unspecified atom stereocenters. The molecule has 1 amide bonds. The number of nitrogens with two attached hydrogens (primary N) is 1. The van der Waals surface area contributed by atoms with Gasteiger partial charge in [-0.15, -0.1) is 23.7 Å². The lowest BCUT2D eigenvalue weighted by molar-refractivity contribution is -0.116. The van der Waals surface area contributed by atoms with Crippen LogP contribution in [0.1, 0.15) is 23.3 Å². The lowest BCUT2D eigenvalue weighted by atomic mass is 10.1. The van der Waals surface area contributed by atoms with Gasteiger partial charge in [-0.2, -0.15) is 0 Å². The predicted molar refractivity (Wildman–Crippen MR) is 95.5 cm³/mol. The van der Waals surface area contributed by atoms with E-state index in [9.17, 15) is 4.79 Å². The Balaban J connectivity index is 0.00000242. The van der Waals surface area contributed by atoms with Crippen LogP contribution in [0.15, 0.2) is 24.4 Å². The molecule has 0 saturated heterocycles. The highest BCUT2D eigenvalue weighted by atomic mass is 35.5. The molecule has 8 heteroatoms. The Morgan fingerprint density at radius 3 is 2.86 bits per heavy atom. The van der Waals surface area contributed by atoms with E-state index < -0.39 is 0 Å². The van der Waals surface area contributed by atoms with Crippen molar-refractivity contribution in [2.45, 2.75) is 19.3 Å². The zero-order valence-corrected chi connectivity index (χ0v) is 14.8. The number of benzene rings is 1. The van der Waals surface area contributed by atoms with E-state index in [1.54, 1.807) is 12.3 Å². The van der Waals surface area contributed by atoms with Gasteiger partial charge in [0.2, 0.25) is 5.91 Å². The Labute approximate surface area is 149 Å². The number of carbonyl (C=O) groups excluding carboxylic acids is 1. The third-order valence-corrected chi connectivity index (χ3v) is 4.57. The highest BCUT2D eigenvalue weighted by molar-refractivity contribution is 7.15. The molecule has 22 heavy (non-hydrogen) atoms. The first-order chi connectivity index (χ1) is 10.1. The van der Waals surface area contributed by atoms with Crippen LogP contribution in [0.3, 0.4) is 0 Å². The second-order valence-corrected chi connectivity index (χ2v) is 6.36. The summed E-state index contributed by atoms with van der Waals surface area (Å²) < 4.78 is 0. The van der Waals surface area contributed by atoms with Gasteiger partial charge in [-0.3, -0.25) is 4.79 Å². The molecule has 2 aromatic rings. The number of hydrogen-bond donors (Lipinski definition) is 2. The van der Waals surface area contributed by atoms with Crippen molar-refractivity contribution >= 4 is 58.0 Å². The number of thiazole rings is 1. The Hall–Kier alpha value is -0.850. The van der Waals surface area contributed by atoms with Crippen LogP contribution >= 0.6 is 46.9 Å². The molecule has 3 N–H and O–H groups in total. The van der Waals surface area contributed by atoms with E-state index in [4.69, 9.17) is 28.9 Å². The number of carbonyl (C=O) groups is 1. The fourth-order valence-corrected chi connectivity index (χ4v) is 3.00. The predicted octanol–water partition coefficient (Wildman–Crippen LogP) is 4.14. The third-order valence-electron chi connectivity index (χ3n) is 2.80. The van der Waals surface area contributed by atoms with Crippen molar-refractivity contribution in [3.63, 3.8) is 0 Å². The Morgan fingerprint density at radius 1 is 1.36 bits per heavy atom. The summed E-state index contributed by atoms with van der Waals surface area (Å²) in [6.07, 6.45) is 3.45. The van der Waals surface area contributed by atoms with Gasteiger partial charge in [-0.25, -0.2) is 4.98 Å². The first-order valence-electron chi connectivity index (χ1n) is 6.47. The smallest absolute Gasteiger partial charge is 0.226 e. The topological polar surface area (TPSA) is 68.0 Å². The average Bonchev–Trinajstić information content (AvgIpc) is 2.89. The first kappa shape index (κ1) is 19.2. The van der Waals surface area contributed by atoms with Crippen LogP contribution in [-0.4, -0.2) is 17.4 Å². The highest BCUT2D eigenvalue weighted by Gasteiger charge is 2.09.